The lowest BCUT2D eigenvalue weighted by Gasteiger charge is -2.30. The molecule has 1 saturated heterocycles. The van der Waals surface area contributed by atoms with Gasteiger partial charge in [0.05, 0.1) is 6.10 Å². The quantitative estimate of drug-likeness (QED) is 0.687. The largest absolute Gasteiger partial charge is 0.468 e. The predicted octanol–water partition coefficient (Wildman–Crippen LogP) is 3.88. The number of carbonyl (C=O) groups is 1. The minimum absolute atomic E-state index is 0.0986. The SMILES string of the molecule is O=C(NCc1ccnc(OCC(F)(F)F)c1)NC1CCOC(c2ccc(F)cc2)C1. The van der Waals surface area contributed by atoms with Gasteiger partial charge in [0.1, 0.15) is 5.82 Å². The molecule has 2 heterocycles. The number of benzene rings is 1. The second-order valence-corrected chi connectivity index (χ2v) is 6.87. The van der Waals surface area contributed by atoms with Gasteiger partial charge < -0.3 is 20.1 Å². The van der Waals surface area contributed by atoms with Crippen molar-refractivity contribution in [2.45, 2.75) is 37.7 Å². The van der Waals surface area contributed by atoms with Gasteiger partial charge in [0.2, 0.25) is 5.88 Å². The van der Waals surface area contributed by atoms with Crippen molar-refractivity contribution < 1.29 is 31.8 Å². The molecule has 1 aromatic carbocycles. The highest BCUT2D eigenvalue weighted by Crippen LogP contribution is 2.28. The van der Waals surface area contributed by atoms with Crippen LogP contribution in [0, 0.1) is 5.82 Å². The van der Waals surface area contributed by atoms with Gasteiger partial charge in [-0.25, -0.2) is 14.2 Å². The Morgan fingerprint density at radius 2 is 2.00 bits per heavy atom. The number of alkyl halides is 3. The fourth-order valence-electron chi connectivity index (χ4n) is 3.05. The molecule has 1 aromatic heterocycles. The third-order valence-electron chi connectivity index (χ3n) is 4.50. The first kappa shape index (κ1) is 21.8. The summed E-state index contributed by atoms with van der Waals surface area (Å²) in [5.74, 6) is -0.495. The Morgan fingerprint density at radius 3 is 2.73 bits per heavy atom. The number of hydrogen-bond acceptors (Lipinski definition) is 4. The minimum atomic E-state index is -4.45. The van der Waals surface area contributed by atoms with E-state index in [0.29, 0.717) is 25.0 Å². The molecule has 1 fully saturated rings. The number of nitrogens with one attached hydrogen (secondary N) is 2. The van der Waals surface area contributed by atoms with Gasteiger partial charge in [-0.3, -0.25) is 0 Å². The van der Waals surface area contributed by atoms with Gasteiger partial charge in [-0.05, 0) is 42.2 Å². The number of aromatic nitrogens is 1. The van der Waals surface area contributed by atoms with Crippen LogP contribution in [0.5, 0.6) is 5.88 Å². The molecule has 2 unspecified atom stereocenters. The summed E-state index contributed by atoms with van der Waals surface area (Å²) in [5.41, 5.74) is 1.39. The van der Waals surface area contributed by atoms with Crippen LogP contribution >= 0.6 is 0 Å². The van der Waals surface area contributed by atoms with Crippen LogP contribution in [0.15, 0.2) is 42.6 Å². The summed E-state index contributed by atoms with van der Waals surface area (Å²) >= 11 is 0. The zero-order valence-corrected chi connectivity index (χ0v) is 15.9. The Morgan fingerprint density at radius 1 is 1.23 bits per heavy atom. The van der Waals surface area contributed by atoms with Crippen molar-refractivity contribution >= 4 is 6.03 Å². The van der Waals surface area contributed by atoms with Gasteiger partial charge >= 0.3 is 12.2 Å². The first-order valence-electron chi connectivity index (χ1n) is 9.34. The second kappa shape index (κ2) is 9.75. The lowest BCUT2D eigenvalue weighted by atomic mass is 9.97. The van der Waals surface area contributed by atoms with Gasteiger partial charge in [0.25, 0.3) is 0 Å². The summed E-state index contributed by atoms with van der Waals surface area (Å²) in [6.45, 7) is -0.880. The van der Waals surface area contributed by atoms with Crippen LogP contribution in [0.4, 0.5) is 22.4 Å². The Kier molecular flexibility index (Phi) is 7.09. The third-order valence-corrected chi connectivity index (χ3v) is 4.50. The van der Waals surface area contributed by atoms with Crippen molar-refractivity contribution in [3.05, 3.63) is 59.5 Å². The smallest absolute Gasteiger partial charge is 0.422 e. The lowest BCUT2D eigenvalue weighted by Crippen LogP contribution is -2.44. The van der Waals surface area contributed by atoms with Crippen molar-refractivity contribution in [3.8, 4) is 5.88 Å². The molecule has 3 rings (SSSR count). The van der Waals surface area contributed by atoms with Crippen molar-refractivity contribution in [1.82, 2.24) is 15.6 Å². The number of pyridine rings is 1. The van der Waals surface area contributed by atoms with Crippen LogP contribution in [-0.2, 0) is 11.3 Å². The fourth-order valence-corrected chi connectivity index (χ4v) is 3.05. The van der Waals surface area contributed by atoms with Crippen molar-refractivity contribution in [3.63, 3.8) is 0 Å². The van der Waals surface area contributed by atoms with Gasteiger partial charge in [-0.15, -0.1) is 0 Å². The van der Waals surface area contributed by atoms with Crippen LogP contribution in [0.1, 0.15) is 30.1 Å². The van der Waals surface area contributed by atoms with Crippen LogP contribution in [0.25, 0.3) is 0 Å². The molecule has 1 aliphatic rings. The molecule has 2 aromatic rings. The average molecular weight is 427 g/mol. The van der Waals surface area contributed by atoms with E-state index in [0.717, 1.165) is 5.56 Å². The van der Waals surface area contributed by atoms with Gasteiger partial charge in [0, 0.05) is 31.5 Å². The zero-order chi connectivity index (χ0) is 21.6. The molecule has 2 N–H and O–H groups in total. The molecular weight excluding hydrogens is 406 g/mol. The number of amides is 2. The molecule has 162 valence electrons. The fraction of sp³-hybridized carbons (Fsp3) is 0.400. The molecule has 6 nitrogen and oxygen atoms in total. The Labute approximate surface area is 170 Å². The van der Waals surface area contributed by atoms with Gasteiger partial charge in [0.15, 0.2) is 6.61 Å². The zero-order valence-electron chi connectivity index (χ0n) is 15.9. The summed E-state index contributed by atoms with van der Waals surface area (Å²) < 4.78 is 60.1. The summed E-state index contributed by atoms with van der Waals surface area (Å²) in [5, 5.41) is 5.52. The number of ether oxygens (including phenoxy) is 2. The molecule has 0 saturated carbocycles. The highest BCUT2D eigenvalue weighted by molar-refractivity contribution is 5.74. The van der Waals surface area contributed by atoms with Crippen LogP contribution < -0.4 is 15.4 Å². The topological polar surface area (TPSA) is 72.5 Å². The van der Waals surface area contributed by atoms with Crippen LogP contribution in [-0.4, -0.2) is 36.4 Å². The number of urea groups is 1. The van der Waals surface area contributed by atoms with Gasteiger partial charge in [-0.1, -0.05) is 12.1 Å². The maximum absolute atomic E-state index is 13.1. The lowest BCUT2D eigenvalue weighted by molar-refractivity contribution is -0.154. The van der Waals surface area contributed by atoms with E-state index >= 15 is 0 Å². The maximum Gasteiger partial charge on any atom is 0.422 e. The molecule has 0 spiro atoms. The number of hydrogen-bond donors (Lipinski definition) is 2. The first-order valence-corrected chi connectivity index (χ1v) is 9.34. The number of rotatable bonds is 6. The van der Waals surface area contributed by atoms with E-state index in [9.17, 15) is 22.4 Å². The molecule has 30 heavy (non-hydrogen) atoms. The Hall–Kier alpha value is -2.88. The molecule has 0 radical (unpaired) electrons. The highest BCUT2D eigenvalue weighted by atomic mass is 19.4. The molecule has 2 atom stereocenters. The van der Waals surface area contributed by atoms with Crippen LogP contribution in [0.3, 0.4) is 0 Å². The van der Waals surface area contributed by atoms with Crippen molar-refractivity contribution in [2.24, 2.45) is 0 Å². The Bertz CT molecular complexity index is 846. The summed E-state index contributed by atoms with van der Waals surface area (Å²) in [7, 11) is 0. The number of nitrogens with zero attached hydrogens (tertiary/aromatic N) is 1. The molecule has 2 amide bonds. The molecule has 10 heteroatoms. The first-order chi connectivity index (χ1) is 14.3. The van der Waals surface area contributed by atoms with E-state index in [4.69, 9.17) is 4.74 Å². The van der Waals surface area contributed by atoms with Crippen molar-refractivity contribution in [1.29, 1.82) is 0 Å². The third kappa shape index (κ3) is 6.87. The standard InChI is InChI=1S/C20H21F4N3O3/c21-15-3-1-14(2-4-15)17-10-16(6-8-29-17)27-19(28)26-11-13-5-7-25-18(9-13)30-12-20(22,23)24/h1-5,7,9,16-17H,6,8,10-12H2,(H2,26,27,28). The van der Waals surface area contributed by atoms with E-state index in [1.807, 2.05) is 0 Å². The number of halogens is 4. The Balaban J connectivity index is 1.47. The monoisotopic (exact) mass is 427 g/mol. The predicted molar refractivity (Wildman–Crippen MR) is 99.3 cm³/mol. The summed E-state index contributed by atoms with van der Waals surface area (Å²) in [6, 6.07) is 8.42. The minimum Gasteiger partial charge on any atom is -0.468 e. The summed E-state index contributed by atoms with van der Waals surface area (Å²) in [4.78, 5) is 15.9. The van der Waals surface area contributed by atoms with E-state index < -0.39 is 18.8 Å². The van der Waals surface area contributed by atoms with Crippen LogP contribution in [0.2, 0.25) is 0 Å². The molecule has 0 bridgehead atoms. The molecule has 0 aliphatic carbocycles. The average Bonchev–Trinajstić information content (AvgIpc) is 2.71. The summed E-state index contributed by atoms with van der Waals surface area (Å²) in [6.07, 6.45) is -2.20. The second-order valence-electron chi connectivity index (χ2n) is 6.87. The van der Waals surface area contributed by atoms with E-state index in [1.165, 1.54) is 24.4 Å². The van der Waals surface area contributed by atoms with Gasteiger partial charge in [-0.2, -0.15) is 13.2 Å². The van der Waals surface area contributed by atoms with E-state index in [-0.39, 0.29) is 30.4 Å². The highest BCUT2D eigenvalue weighted by Gasteiger charge is 2.28. The van der Waals surface area contributed by atoms with E-state index in [1.54, 1.807) is 18.2 Å². The van der Waals surface area contributed by atoms with Crippen molar-refractivity contribution in [2.75, 3.05) is 13.2 Å². The molecular formula is C20H21F4N3O3. The molecule has 1 aliphatic heterocycles. The van der Waals surface area contributed by atoms with E-state index in [2.05, 4.69) is 20.4 Å². The maximum atomic E-state index is 13.1. The number of carbonyl (C=O) groups excluding carboxylic acids is 1. The normalized spacial score (nSPS) is 19.2.